The van der Waals surface area contributed by atoms with Crippen molar-refractivity contribution in [3.8, 4) is 17.7 Å². The third-order valence-electron chi connectivity index (χ3n) is 7.29. The summed E-state index contributed by atoms with van der Waals surface area (Å²) in [6.45, 7) is 12.5. The number of hydrogen-bond acceptors (Lipinski definition) is 8. The van der Waals surface area contributed by atoms with E-state index in [1.807, 2.05) is 42.6 Å². The molecule has 2 fully saturated rings. The molecule has 0 N–H and O–H groups in total. The predicted molar refractivity (Wildman–Crippen MR) is 177 cm³/mol. The van der Waals surface area contributed by atoms with Gasteiger partial charge in [0.05, 0.1) is 30.9 Å². The fourth-order valence-corrected chi connectivity index (χ4v) is 6.64. The summed E-state index contributed by atoms with van der Waals surface area (Å²) in [7, 11) is -1.21. The molecule has 6 rings (SSSR count). The molecule has 2 atom stereocenters. The molecule has 0 amide bonds. The van der Waals surface area contributed by atoms with Crippen LogP contribution >= 0.6 is 31.9 Å². The summed E-state index contributed by atoms with van der Waals surface area (Å²) in [6.07, 6.45) is 6.72. The SMILES string of the molecule is C=C=N[Si](C)(C)C.N#CN=C1CC2(CCCOC2)Oc2ccc(Br)cc21.O=C1CC2(CCCOC2)Oc2ccc(Br)cc21. The lowest BCUT2D eigenvalue weighted by molar-refractivity contribution is -0.0715. The number of carbonyl (C=O) groups excluding carboxylic acids is 1. The van der Waals surface area contributed by atoms with Crippen LogP contribution in [0.3, 0.4) is 0 Å². The van der Waals surface area contributed by atoms with Gasteiger partial charge in [-0.05, 0) is 94.2 Å². The Labute approximate surface area is 271 Å². The zero-order valence-corrected chi connectivity index (χ0v) is 29.1. The Morgan fingerprint density at radius 3 is 1.88 bits per heavy atom. The number of ether oxygens (including phenoxy) is 4. The summed E-state index contributed by atoms with van der Waals surface area (Å²) in [6, 6.07) is 11.4. The van der Waals surface area contributed by atoms with E-state index in [-0.39, 0.29) is 11.4 Å². The molecule has 0 aromatic heterocycles. The number of fused-ring (bicyclic) bond motifs is 2. The molecule has 0 bridgehead atoms. The second-order valence-corrected chi connectivity index (χ2v) is 18.4. The molecular formula is C32H37Br2N3O5Si. The van der Waals surface area contributed by atoms with Crippen molar-refractivity contribution in [3.63, 3.8) is 0 Å². The smallest absolute Gasteiger partial charge is 0.205 e. The molecule has 2 aromatic rings. The molecule has 4 aliphatic rings. The third kappa shape index (κ3) is 8.97. The van der Waals surface area contributed by atoms with E-state index < -0.39 is 13.8 Å². The molecule has 43 heavy (non-hydrogen) atoms. The first-order chi connectivity index (χ1) is 20.5. The summed E-state index contributed by atoms with van der Waals surface area (Å²) >= 11 is 6.81. The number of Topliss-reactive ketones (excluding diaryl/α,β-unsaturated/α-hetero) is 1. The van der Waals surface area contributed by atoms with Crippen molar-refractivity contribution in [1.29, 1.82) is 5.26 Å². The molecule has 2 spiro atoms. The first kappa shape index (κ1) is 33.3. The minimum absolute atomic E-state index is 0.151. The molecule has 2 aromatic carbocycles. The van der Waals surface area contributed by atoms with Gasteiger partial charge in [-0.3, -0.25) is 9.45 Å². The van der Waals surface area contributed by atoms with Crippen molar-refractivity contribution in [1.82, 2.24) is 0 Å². The maximum absolute atomic E-state index is 12.2. The quantitative estimate of drug-likeness (QED) is 0.169. The Hall–Kier alpha value is -2.58. The number of aliphatic imine (C=N–C) groups is 1. The van der Waals surface area contributed by atoms with Crippen molar-refractivity contribution in [2.75, 3.05) is 26.4 Å². The van der Waals surface area contributed by atoms with Gasteiger partial charge in [-0.25, -0.2) is 0 Å². The fraction of sp³-hybridized carbons (Fsp3) is 0.469. The summed E-state index contributed by atoms with van der Waals surface area (Å²) < 4.78 is 29.1. The van der Waals surface area contributed by atoms with Crippen LogP contribution in [0.4, 0.5) is 0 Å². The van der Waals surface area contributed by atoms with Gasteiger partial charge in [0.15, 0.2) is 14.0 Å². The van der Waals surface area contributed by atoms with Gasteiger partial charge in [0.2, 0.25) is 6.19 Å². The van der Waals surface area contributed by atoms with Crippen LogP contribution in [-0.4, -0.2) is 63.2 Å². The average molecular weight is 732 g/mol. The van der Waals surface area contributed by atoms with Gasteiger partial charge in [0.1, 0.15) is 22.7 Å². The van der Waals surface area contributed by atoms with Crippen LogP contribution in [0, 0.1) is 11.5 Å². The Morgan fingerprint density at radius 2 is 1.42 bits per heavy atom. The maximum Gasteiger partial charge on any atom is 0.205 e. The van der Waals surface area contributed by atoms with Crippen LogP contribution in [-0.2, 0) is 9.47 Å². The van der Waals surface area contributed by atoms with Gasteiger partial charge < -0.3 is 18.9 Å². The van der Waals surface area contributed by atoms with E-state index in [9.17, 15) is 4.79 Å². The van der Waals surface area contributed by atoms with Gasteiger partial charge in [0.25, 0.3) is 0 Å². The number of halogens is 2. The monoisotopic (exact) mass is 729 g/mol. The van der Waals surface area contributed by atoms with Crippen LogP contribution in [0.5, 0.6) is 11.5 Å². The second-order valence-electron chi connectivity index (χ2n) is 12.0. The number of benzene rings is 2. The number of carbonyl (C=O) groups is 1. The van der Waals surface area contributed by atoms with Crippen LogP contribution in [0.1, 0.15) is 54.4 Å². The number of ketones is 1. The van der Waals surface area contributed by atoms with Gasteiger partial charge in [-0.15, -0.1) is 0 Å². The molecule has 4 heterocycles. The van der Waals surface area contributed by atoms with Crippen molar-refractivity contribution in [2.45, 2.75) is 69.4 Å². The highest BCUT2D eigenvalue weighted by atomic mass is 79.9. The summed E-state index contributed by atoms with van der Waals surface area (Å²) in [5, 5.41) is 8.88. The molecule has 228 valence electrons. The van der Waals surface area contributed by atoms with Gasteiger partial charge >= 0.3 is 0 Å². The number of nitriles is 1. The van der Waals surface area contributed by atoms with Crippen molar-refractivity contribution in [3.05, 3.63) is 63.0 Å². The molecule has 0 saturated carbocycles. The van der Waals surface area contributed by atoms with Crippen LogP contribution < -0.4 is 9.47 Å². The molecule has 2 saturated heterocycles. The lowest BCUT2D eigenvalue weighted by Crippen LogP contribution is -2.48. The number of rotatable bonds is 1. The van der Waals surface area contributed by atoms with E-state index in [1.165, 1.54) is 0 Å². The lowest BCUT2D eigenvalue weighted by atomic mass is 9.85. The van der Waals surface area contributed by atoms with Crippen molar-refractivity contribution in [2.24, 2.45) is 9.65 Å². The summed E-state index contributed by atoms with van der Waals surface area (Å²) in [5.41, 5.74) is 1.59. The fourth-order valence-electron chi connectivity index (χ4n) is 5.44. The van der Waals surface area contributed by atoms with E-state index in [1.54, 1.807) is 0 Å². The Balaban J connectivity index is 0.000000163. The summed E-state index contributed by atoms with van der Waals surface area (Å²) in [4.78, 5) is 16.1. The Bertz CT molecular complexity index is 1450. The minimum atomic E-state index is -1.21. The van der Waals surface area contributed by atoms with Gasteiger partial charge in [-0.2, -0.15) is 10.3 Å². The van der Waals surface area contributed by atoms with Crippen LogP contribution in [0.2, 0.25) is 19.6 Å². The Kier molecular flexibility index (Phi) is 11.2. The molecule has 0 aliphatic carbocycles. The van der Waals surface area contributed by atoms with Crippen LogP contribution in [0.15, 0.2) is 61.6 Å². The maximum atomic E-state index is 12.2. The van der Waals surface area contributed by atoms with E-state index in [2.05, 4.69) is 73.6 Å². The zero-order chi connectivity index (χ0) is 31.1. The van der Waals surface area contributed by atoms with Crippen LogP contribution in [0.25, 0.3) is 0 Å². The van der Waals surface area contributed by atoms with Crippen molar-refractivity contribution < 1.29 is 23.7 Å². The predicted octanol–water partition coefficient (Wildman–Crippen LogP) is 7.69. The molecule has 11 heteroatoms. The minimum Gasteiger partial charge on any atom is -0.484 e. The molecule has 0 radical (unpaired) electrons. The number of hydrogen-bond donors (Lipinski definition) is 0. The standard InChI is InChI=1S/C14H13BrN2O2.C13H13BrO3.C5H11NSi/c15-10-2-3-13-11(6-10)12(17-9-16)7-14(19-13)4-1-5-18-8-14;14-9-2-3-12-10(6-9)11(15)7-13(17-12)4-1-5-16-8-13;1-5-6-7(2,3)4/h2-3,6H,1,4-5,7-8H2;2-3,6H,1,4-5,7-8H2;1H2,2-4H3. The second kappa shape index (κ2) is 14.5. The van der Waals surface area contributed by atoms with Crippen molar-refractivity contribution >= 4 is 57.5 Å². The first-order valence-electron chi connectivity index (χ1n) is 14.3. The van der Waals surface area contributed by atoms with Gasteiger partial charge in [-0.1, -0.05) is 31.9 Å². The lowest BCUT2D eigenvalue weighted by Gasteiger charge is -2.41. The molecule has 8 nitrogen and oxygen atoms in total. The topological polar surface area (TPSA) is 102 Å². The van der Waals surface area contributed by atoms with E-state index in [0.29, 0.717) is 37.4 Å². The highest BCUT2D eigenvalue weighted by Crippen LogP contribution is 2.40. The van der Waals surface area contributed by atoms with E-state index in [4.69, 9.17) is 24.2 Å². The average Bonchev–Trinajstić information content (AvgIpc) is 2.95. The molecule has 2 unspecified atom stereocenters. The highest BCUT2D eigenvalue weighted by molar-refractivity contribution is 9.10. The van der Waals surface area contributed by atoms with E-state index in [0.717, 1.165) is 64.9 Å². The normalized spacial score (nSPS) is 24.8. The zero-order valence-electron chi connectivity index (χ0n) is 24.9. The number of nitrogens with zero attached hydrogens (tertiary/aromatic N) is 3. The molecular weight excluding hydrogens is 694 g/mol. The largest absolute Gasteiger partial charge is 0.484 e. The third-order valence-corrected chi connectivity index (χ3v) is 9.11. The molecule has 4 aliphatic heterocycles. The van der Waals surface area contributed by atoms with Gasteiger partial charge in [0, 0.05) is 34.1 Å². The highest BCUT2D eigenvalue weighted by Gasteiger charge is 2.43. The van der Waals surface area contributed by atoms with E-state index >= 15 is 0 Å². The first-order valence-corrected chi connectivity index (χ1v) is 19.4. The Morgan fingerprint density at radius 1 is 0.884 bits per heavy atom. The summed E-state index contributed by atoms with van der Waals surface area (Å²) in [5.74, 6) is 4.17.